The maximum absolute atomic E-state index is 13.5. The molecule has 1 saturated heterocycles. The number of carbonyl (C=O) groups excluding carboxylic acids is 1. The number of amides is 1. The van der Waals surface area contributed by atoms with Gasteiger partial charge in [0, 0.05) is 19.1 Å². The Morgan fingerprint density at radius 2 is 2.08 bits per heavy atom. The van der Waals surface area contributed by atoms with Gasteiger partial charge in [-0.25, -0.2) is 12.8 Å². The van der Waals surface area contributed by atoms with E-state index in [4.69, 9.17) is 4.74 Å². The van der Waals surface area contributed by atoms with Crippen molar-refractivity contribution >= 4 is 15.9 Å². The van der Waals surface area contributed by atoms with Crippen LogP contribution >= 0.6 is 0 Å². The van der Waals surface area contributed by atoms with Gasteiger partial charge in [-0.3, -0.25) is 4.79 Å². The van der Waals surface area contributed by atoms with E-state index in [0.717, 1.165) is 12.5 Å². The molecule has 132 valence electrons. The van der Waals surface area contributed by atoms with Crippen LogP contribution in [-0.4, -0.2) is 51.0 Å². The normalized spacial score (nSPS) is 26.6. The lowest BCUT2D eigenvalue weighted by Gasteiger charge is -2.32. The molecule has 1 amide bonds. The van der Waals surface area contributed by atoms with Crippen LogP contribution in [0.5, 0.6) is 0 Å². The standard InChI is InChI=1S/C16H21FN2O4S/c17-12-3-1-4-13(11-12)24(21,22)19-8-10-23-9-7-18-16(20)14-5-2-6-15(14)19/h1,3-4,11,14-15H,2,5-10H2,(H,18,20)/t14-,15+/m1/s1. The monoisotopic (exact) mass is 356 g/mol. The zero-order valence-corrected chi connectivity index (χ0v) is 14.1. The Morgan fingerprint density at radius 3 is 2.88 bits per heavy atom. The molecule has 1 N–H and O–H groups in total. The van der Waals surface area contributed by atoms with Gasteiger partial charge in [-0.1, -0.05) is 12.5 Å². The number of nitrogens with zero attached hydrogens (tertiary/aromatic N) is 1. The smallest absolute Gasteiger partial charge is 0.243 e. The summed E-state index contributed by atoms with van der Waals surface area (Å²) in [5.74, 6) is -1.11. The molecule has 0 spiro atoms. The first kappa shape index (κ1) is 17.3. The zero-order chi connectivity index (χ0) is 17.2. The molecule has 1 saturated carbocycles. The Morgan fingerprint density at radius 1 is 1.25 bits per heavy atom. The van der Waals surface area contributed by atoms with Gasteiger partial charge in [-0.2, -0.15) is 4.31 Å². The number of halogens is 1. The van der Waals surface area contributed by atoms with Crippen LogP contribution in [0.15, 0.2) is 29.2 Å². The SMILES string of the molecule is O=C1NCCOCCN(S(=O)(=O)c2cccc(F)c2)[C@H]2CCC[C@@H]12. The number of fused-ring (bicyclic) bond motifs is 1. The van der Waals surface area contributed by atoms with Crippen molar-refractivity contribution in [2.45, 2.75) is 30.2 Å². The van der Waals surface area contributed by atoms with E-state index in [0.29, 0.717) is 26.0 Å². The summed E-state index contributed by atoms with van der Waals surface area (Å²) < 4.78 is 46.3. The summed E-state index contributed by atoms with van der Waals surface area (Å²) in [7, 11) is -3.90. The van der Waals surface area contributed by atoms with Gasteiger partial charge < -0.3 is 10.1 Å². The van der Waals surface area contributed by atoms with Gasteiger partial charge >= 0.3 is 0 Å². The maximum atomic E-state index is 13.5. The zero-order valence-electron chi connectivity index (χ0n) is 13.3. The van der Waals surface area contributed by atoms with Gasteiger partial charge in [0.15, 0.2) is 0 Å². The highest BCUT2D eigenvalue weighted by molar-refractivity contribution is 7.89. The van der Waals surface area contributed by atoms with Crippen molar-refractivity contribution in [3.63, 3.8) is 0 Å². The lowest BCUT2D eigenvalue weighted by atomic mass is 10.0. The van der Waals surface area contributed by atoms with Crippen molar-refractivity contribution in [2.75, 3.05) is 26.3 Å². The third kappa shape index (κ3) is 3.45. The Bertz CT molecular complexity index is 710. The van der Waals surface area contributed by atoms with Crippen LogP contribution < -0.4 is 5.32 Å². The molecule has 0 bridgehead atoms. The van der Waals surface area contributed by atoms with Crippen LogP contribution in [-0.2, 0) is 19.6 Å². The number of hydrogen-bond donors (Lipinski definition) is 1. The Labute approximate surface area is 141 Å². The molecule has 2 aliphatic rings. The second kappa shape index (κ2) is 7.16. The van der Waals surface area contributed by atoms with Gasteiger partial charge in [0.25, 0.3) is 0 Å². The maximum Gasteiger partial charge on any atom is 0.243 e. The molecule has 1 aromatic carbocycles. The molecular formula is C16H21FN2O4S. The summed E-state index contributed by atoms with van der Waals surface area (Å²) in [6.07, 6.45) is 2.07. The molecule has 2 atom stereocenters. The number of nitrogens with one attached hydrogen (secondary N) is 1. The molecule has 0 radical (unpaired) electrons. The van der Waals surface area contributed by atoms with Crippen molar-refractivity contribution in [3.05, 3.63) is 30.1 Å². The molecule has 1 aliphatic heterocycles. The molecule has 1 heterocycles. The summed E-state index contributed by atoms with van der Waals surface area (Å²) in [5.41, 5.74) is 0. The van der Waals surface area contributed by atoms with Crippen LogP contribution in [0.3, 0.4) is 0 Å². The Kier molecular flexibility index (Phi) is 5.17. The molecule has 1 aromatic rings. The fraction of sp³-hybridized carbons (Fsp3) is 0.562. The third-order valence-electron chi connectivity index (χ3n) is 4.59. The average Bonchev–Trinajstić information content (AvgIpc) is 3.03. The number of sulfonamides is 1. The summed E-state index contributed by atoms with van der Waals surface area (Å²) in [5, 5.41) is 2.80. The third-order valence-corrected chi connectivity index (χ3v) is 6.51. The predicted octanol–water partition coefficient (Wildman–Crippen LogP) is 1.13. The van der Waals surface area contributed by atoms with Crippen molar-refractivity contribution < 1.29 is 22.3 Å². The minimum atomic E-state index is -3.90. The van der Waals surface area contributed by atoms with Crippen molar-refractivity contribution in [1.82, 2.24) is 9.62 Å². The molecule has 2 fully saturated rings. The molecular weight excluding hydrogens is 335 g/mol. The van der Waals surface area contributed by atoms with Gasteiger partial charge in [-0.05, 0) is 31.0 Å². The van der Waals surface area contributed by atoms with E-state index in [9.17, 15) is 17.6 Å². The lowest BCUT2D eigenvalue weighted by molar-refractivity contribution is -0.126. The van der Waals surface area contributed by atoms with Crippen LogP contribution in [0.2, 0.25) is 0 Å². The molecule has 6 nitrogen and oxygen atoms in total. The number of benzene rings is 1. The highest BCUT2D eigenvalue weighted by atomic mass is 32.2. The molecule has 0 unspecified atom stereocenters. The van der Waals surface area contributed by atoms with E-state index in [-0.39, 0.29) is 29.9 Å². The number of rotatable bonds is 2. The van der Waals surface area contributed by atoms with Crippen molar-refractivity contribution in [1.29, 1.82) is 0 Å². The van der Waals surface area contributed by atoms with Crippen LogP contribution in [0.25, 0.3) is 0 Å². The van der Waals surface area contributed by atoms with E-state index in [1.807, 2.05) is 0 Å². The van der Waals surface area contributed by atoms with E-state index in [1.54, 1.807) is 0 Å². The Hall–Kier alpha value is -1.51. The molecule has 1 aliphatic carbocycles. The minimum absolute atomic E-state index is 0.0920. The minimum Gasteiger partial charge on any atom is -0.378 e. The van der Waals surface area contributed by atoms with Crippen LogP contribution in [0.4, 0.5) is 4.39 Å². The second-order valence-corrected chi connectivity index (χ2v) is 7.97. The first-order valence-electron chi connectivity index (χ1n) is 8.13. The van der Waals surface area contributed by atoms with E-state index in [2.05, 4.69) is 5.32 Å². The molecule has 3 rings (SSSR count). The summed E-state index contributed by atoms with van der Waals surface area (Å²) in [6.45, 7) is 1.18. The fourth-order valence-electron chi connectivity index (χ4n) is 3.45. The van der Waals surface area contributed by atoms with E-state index in [1.165, 1.54) is 22.5 Å². The largest absolute Gasteiger partial charge is 0.378 e. The first-order chi connectivity index (χ1) is 11.5. The summed E-state index contributed by atoms with van der Waals surface area (Å²) in [4.78, 5) is 12.2. The van der Waals surface area contributed by atoms with Gasteiger partial charge in [0.2, 0.25) is 15.9 Å². The highest BCUT2D eigenvalue weighted by Crippen LogP contribution is 2.33. The van der Waals surface area contributed by atoms with Gasteiger partial charge in [0.05, 0.1) is 24.0 Å². The molecule has 0 aromatic heterocycles. The van der Waals surface area contributed by atoms with Crippen LogP contribution in [0, 0.1) is 11.7 Å². The first-order valence-corrected chi connectivity index (χ1v) is 9.57. The quantitative estimate of drug-likeness (QED) is 0.862. The van der Waals surface area contributed by atoms with Crippen molar-refractivity contribution in [3.8, 4) is 0 Å². The van der Waals surface area contributed by atoms with E-state index >= 15 is 0 Å². The topological polar surface area (TPSA) is 75.7 Å². The second-order valence-electron chi connectivity index (χ2n) is 6.08. The number of carbonyl (C=O) groups is 1. The number of ether oxygens (including phenoxy) is 1. The molecule has 8 heteroatoms. The summed E-state index contributed by atoms with van der Waals surface area (Å²) >= 11 is 0. The fourth-order valence-corrected chi connectivity index (χ4v) is 5.16. The highest BCUT2D eigenvalue weighted by Gasteiger charge is 2.42. The summed E-state index contributed by atoms with van der Waals surface area (Å²) in [6, 6.07) is 4.55. The van der Waals surface area contributed by atoms with Crippen molar-refractivity contribution in [2.24, 2.45) is 5.92 Å². The predicted molar refractivity (Wildman–Crippen MR) is 85.2 cm³/mol. The molecule has 24 heavy (non-hydrogen) atoms. The van der Waals surface area contributed by atoms with E-state index < -0.39 is 21.9 Å². The number of hydrogen-bond acceptors (Lipinski definition) is 4. The average molecular weight is 356 g/mol. The van der Waals surface area contributed by atoms with Crippen LogP contribution in [0.1, 0.15) is 19.3 Å². The lowest BCUT2D eigenvalue weighted by Crippen LogP contribution is -2.49. The Balaban J connectivity index is 1.96. The van der Waals surface area contributed by atoms with Gasteiger partial charge in [-0.15, -0.1) is 0 Å². The van der Waals surface area contributed by atoms with Gasteiger partial charge in [0.1, 0.15) is 5.82 Å².